The maximum Gasteiger partial charge on any atom is 0.329 e. The number of aromatic nitrogens is 1. The number of carboxylic acid groups (broad SMARTS) is 1. The number of fused-ring (bicyclic) bond motifs is 1. The predicted octanol–water partition coefficient (Wildman–Crippen LogP) is 3.16. The molecule has 0 bridgehead atoms. The molecule has 0 radical (unpaired) electrons. The lowest BCUT2D eigenvalue weighted by molar-refractivity contribution is -0.142. The zero-order valence-corrected chi connectivity index (χ0v) is 12.1. The van der Waals surface area contributed by atoms with Crippen LogP contribution in [0, 0.1) is 11.3 Å². The second kappa shape index (κ2) is 5.80. The number of nitrogens with one attached hydrogen (secondary N) is 1. The number of carboxylic acids is 1. The van der Waals surface area contributed by atoms with E-state index in [-0.39, 0.29) is 0 Å². The summed E-state index contributed by atoms with van der Waals surface area (Å²) < 4.78 is 0. The highest BCUT2D eigenvalue weighted by atomic mass is 16.4. The van der Waals surface area contributed by atoms with Crippen LogP contribution in [0.15, 0.2) is 30.5 Å². The Hall–Kier alpha value is -2.61. The highest BCUT2D eigenvalue weighted by molar-refractivity contribution is 5.96. The lowest BCUT2D eigenvalue weighted by atomic mass is 9.91. The SMILES string of the molecule is CCC(CC)(Nc1c(C#N)cnc2ccccc12)C(=O)O. The highest BCUT2D eigenvalue weighted by Crippen LogP contribution is 2.30. The van der Waals surface area contributed by atoms with Crippen LogP contribution in [0.5, 0.6) is 0 Å². The summed E-state index contributed by atoms with van der Waals surface area (Å²) in [4.78, 5) is 15.9. The third-order valence-electron chi connectivity index (χ3n) is 3.88. The first-order chi connectivity index (χ1) is 10.1. The number of anilines is 1. The third-order valence-corrected chi connectivity index (χ3v) is 3.88. The van der Waals surface area contributed by atoms with Gasteiger partial charge in [-0.05, 0) is 18.9 Å². The minimum Gasteiger partial charge on any atom is -0.480 e. The maximum atomic E-state index is 11.7. The minimum absolute atomic E-state index is 0.348. The molecular weight excluding hydrogens is 266 g/mol. The van der Waals surface area contributed by atoms with Crippen molar-refractivity contribution in [1.82, 2.24) is 4.98 Å². The Bertz CT molecular complexity index is 715. The maximum absolute atomic E-state index is 11.7. The van der Waals surface area contributed by atoms with E-state index in [0.29, 0.717) is 24.1 Å². The van der Waals surface area contributed by atoms with Crippen LogP contribution in [0.2, 0.25) is 0 Å². The van der Waals surface area contributed by atoms with Gasteiger partial charge in [0.1, 0.15) is 11.6 Å². The van der Waals surface area contributed by atoms with Crippen LogP contribution >= 0.6 is 0 Å². The molecule has 0 amide bonds. The van der Waals surface area contributed by atoms with Crippen molar-refractivity contribution in [3.05, 3.63) is 36.0 Å². The van der Waals surface area contributed by atoms with E-state index < -0.39 is 11.5 Å². The van der Waals surface area contributed by atoms with Gasteiger partial charge in [-0.3, -0.25) is 4.98 Å². The standard InChI is InChI=1S/C16H17N3O2/c1-3-16(4-2,15(20)21)19-14-11(9-17)10-18-13-8-6-5-7-12(13)14/h5-8,10H,3-4H2,1-2H3,(H,18,19)(H,20,21). The van der Waals surface area contributed by atoms with Crippen molar-refractivity contribution in [3.8, 4) is 6.07 Å². The molecule has 0 fully saturated rings. The van der Waals surface area contributed by atoms with E-state index >= 15 is 0 Å². The number of pyridine rings is 1. The molecule has 2 aromatic rings. The Kier molecular flexibility index (Phi) is 4.08. The Balaban J connectivity index is 2.65. The van der Waals surface area contributed by atoms with Gasteiger partial charge in [-0.15, -0.1) is 0 Å². The molecule has 5 heteroatoms. The Morgan fingerprint density at radius 3 is 2.62 bits per heavy atom. The number of rotatable bonds is 5. The van der Waals surface area contributed by atoms with E-state index in [4.69, 9.17) is 0 Å². The zero-order chi connectivity index (χ0) is 15.5. The summed E-state index contributed by atoms with van der Waals surface area (Å²) in [7, 11) is 0. The number of hydrogen-bond donors (Lipinski definition) is 2. The predicted molar refractivity (Wildman–Crippen MR) is 81.0 cm³/mol. The van der Waals surface area contributed by atoms with Gasteiger partial charge in [0.05, 0.1) is 16.8 Å². The molecule has 5 nitrogen and oxygen atoms in total. The number of hydrogen-bond acceptors (Lipinski definition) is 4. The molecule has 0 unspecified atom stereocenters. The summed E-state index contributed by atoms with van der Waals surface area (Å²) in [6.45, 7) is 3.64. The molecule has 0 aliphatic rings. The summed E-state index contributed by atoms with van der Waals surface area (Å²) in [6.07, 6.45) is 2.31. The molecule has 0 spiro atoms. The fourth-order valence-corrected chi connectivity index (χ4v) is 2.38. The average molecular weight is 283 g/mol. The number of para-hydroxylation sites is 1. The summed E-state index contributed by atoms with van der Waals surface area (Å²) in [5, 5.41) is 22.7. The van der Waals surface area contributed by atoms with Gasteiger partial charge in [-0.25, -0.2) is 4.79 Å². The topological polar surface area (TPSA) is 86.0 Å². The first kappa shape index (κ1) is 14.8. The Labute approximate surface area is 123 Å². The van der Waals surface area contributed by atoms with Crippen LogP contribution in [0.4, 0.5) is 5.69 Å². The molecule has 0 aliphatic carbocycles. The Morgan fingerprint density at radius 2 is 2.05 bits per heavy atom. The van der Waals surface area contributed by atoms with Crippen LogP contribution in [-0.4, -0.2) is 21.6 Å². The summed E-state index contributed by atoms with van der Waals surface area (Å²) in [6, 6.07) is 9.45. The molecule has 0 atom stereocenters. The number of nitriles is 1. The Morgan fingerprint density at radius 1 is 1.38 bits per heavy atom. The third kappa shape index (κ3) is 2.52. The van der Waals surface area contributed by atoms with E-state index in [9.17, 15) is 15.2 Å². The largest absolute Gasteiger partial charge is 0.480 e. The van der Waals surface area contributed by atoms with Crippen LogP contribution in [0.1, 0.15) is 32.3 Å². The lowest BCUT2D eigenvalue weighted by Gasteiger charge is -2.30. The summed E-state index contributed by atoms with van der Waals surface area (Å²) in [5.74, 6) is -0.919. The van der Waals surface area contributed by atoms with Gasteiger partial charge in [0.15, 0.2) is 0 Å². The molecule has 21 heavy (non-hydrogen) atoms. The molecule has 2 rings (SSSR count). The average Bonchev–Trinajstić information content (AvgIpc) is 2.52. The summed E-state index contributed by atoms with van der Waals surface area (Å²) in [5.41, 5.74) is 0.524. The van der Waals surface area contributed by atoms with Crippen LogP contribution in [0.25, 0.3) is 10.9 Å². The first-order valence-electron chi connectivity index (χ1n) is 6.87. The van der Waals surface area contributed by atoms with Gasteiger partial charge >= 0.3 is 5.97 Å². The van der Waals surface area contributed by atoms with Gasteiger partial charge in [-0.2, -0.15) is 5.26 Å². The monoisotopic (exact) mass is 283 g/mol. The summed E-state index contributed by atoms with van der Waals surface area (Å²) >= 11 is 0. The van der Waals surface area contributed by atoms with E-state index in [0.717, 1.165) is 10.9 Å². The molecule has 0 saturated heterocycles. The second-order valence-corrected chi connectivity index (χ2v) is 4.90. The van der Waals surface area contributed by atoms with Crippen LogP contribution in [-0.2, 0) is 4.79 Å². The van der Waals surface area contributed by atoms with E-state index in [1.807, 2.05) is 38.1 Å². The molecule has 108 valence electrons. The van der Waals surface area contributed by atoms with Gasteiger partial charge in [0.2, 0.25) is 0 Å². The first-order valence-corrected chi connectivity index (χ1v) is 6.87. The van der Waals surface area contributed by atoms with Crippen molar-refractivity contribution in [3.63, 3.8) is 0 Å². The smallest absolute Gasteiger partial charge is 0.329 e. The van der Waals surface area contributed by atoms with E-state index in [2.05, 4.69) is 16.4 Å². The molecule has 1 aromatic heterocycles. The zero-order valence-electron chi connectivity index (χ0n) is 12.1. The lowest BCUT2D eigenvalue weighted by Crippen LogP contribution is -2.45. The molecule has 1 heterocycles. The van der Waals surface area contributed by atoms with Crippen molar-refractivity contribution in [2.45, 2.75) is 32.2 Å². The molecule has 2 N–H and O–H groups in total. The number of benzene rings is 1. The fourth-order valence-electron chi connectivity index (χ4n) is 2.38. The van der Waals surface area contributed by atoms with Crippen molar-refractivity contribution < 1.29 is 9.90 Å². The molecule has 0 saturated carbocycles. The van der Waals surface area contributed by atoms with E-state index in [1.54, 1.807) is 0 Å². The normalized spacial score (nSPS) is 11.1. The highest BCUT2D eigenvalue weighted by Gasteiger charge is 2.35. The van der Waals surface area contributed by atoms with Gasteiger partial charge in [-0.1, -0.05) is 32.0 Å². The van der Waals surface area contributed by atoms with Crippen molar-refractivity contribution in [2.24, 2.45) is 0 Å². The quantitative estimate of drug-likeness (QED) is 0.880. The van der Waals surface area contributed by atoms with Gasteiger partial charge in [0, 0.05) is 11.6 Å². The second-order valence-electron chi connectivity index (χ2n) is 4.90. The van der Waals surface area contributed by atoms with Crippen LogP contribution in [0.3, 0.4) is 0 Å². The van der Waals surface area contributed by atoms with Crippen LogP contribution < -0.4 is 5.32 Å². The fraction of sp³-hybridized carbons (Fsp3) is 0.312. The molecular formula is C16H17N3O2. The number of aliphatic carboxylic acids is 1. The van der Waals surface area contributed by atoms with E-state index in [1.165, 1.54) is 6.20 Å². The minimum atomic E-state index is -1.09. The van der Waals surface area contributed by atoms with Crippen molar-refractivity contribution in [1.29, 1.82) is 5.26 Å². The number of carbonyl (C=O) groups is 1. The van der Waals surface area contributed by atoms with Crippen molar-refractivity contribution in [2.75, 3.05) is 5.32 Å². The van der Waals surface area contributed by atoms with Crippen molar-refractivity contribution >= 4 is 22.6 Å². The molecule has 1 aromatic carbocycles. The van der Waals surface area contributed by atoms with Gasteiger partial charge in [0.25, 0.3) is 0 Å². The number of nitrogens with zero attached hydrogens (tertiary/aromatic N) is 2. The molecule has 0 aliphatic heterocycles. The van der Waals surface area contributed by atoms with Gasteiger partial charge < -0.3 is 10.4 Å².